The Bertz CT molecular complexity index is 1230. The van der Waals surface area contributed by atoms with Gasteiger partial charge in [-0.15, -0.1) is 0 Å². The van der Waals surface area contributed by atoms with Crippen LogP contribution in [0.3, 0.4) is 0 Å². The smallest absolute Gasteiger partial charge is 0.238 e. The molecule has 2 heterocycles. The number of nitrogens with one attached hydrogen (secondary N) is 2. The van der Waals surface area contributed by atoms with Gasteiger partial charge in [0.2, 0.25) is 11.8 Å². The van der Waals surface area contributed by atoms with E-state index in [9.17, 15) is 9.59 Å². The molecule has 2 amide bonds. The lowest BCUT2D eigenvalue weighted by Gasteiger charge is -2.21. The number of carbonyl (C=O) groups is 2. The fraction of sp³-hybridized carbons (Fsp3) is 0.320. The molecule has 0 unspecified atom stereocenters. The molecule has 0 radical (unpaired) electrons. The van der Waals surface area contributed by atoms with E-state index in [1.807, 2.05) is 19.1 Å². The normalized spacial score (nSPS) is 15.2. The number of anilines is 2. The van der Waals surface area contributed by atoms with E-state index >= 15 is 0 Å². The molecule has 0 aliphatic carbocycles. The van der Waals surface area contributed by atoms with Gasteiger partial charge in [-0.1, -0.05) is 23.7 Å². The Balaban J connectivity index is 1.51. The minimum absolute atomic E-state index is 0.00798. The summed E-state index contributed by atoms with van der Waals surface area (Å²) in [5.74, 6) is 0.863. The second-order valence-electron chi connectivity index (χ2n) is 8.22. The van der Waals surface area contributed by atoms with Crippen molar-refractivity contribution >= 4 is 34.8 Å². The number of ether oxygens (including phenoxy) is 3. The molecule has 0 saturated carbocycles. The molecule has 0 saturated heterocycles. The maximum atomic E-state index is 13.0. The lowest BCUT2D eigenvalue weighted by molar-refractivity contribution is -0.120. The molecule has 1 aliphatic rings. The molecular formula is C25H28ClN5O5. The predicted molar refractivity (Wildman–Crippen MR) is 136 cm³/mol. The lowest BCUT2D eigenvalue weighted by Crippen LogP contribution is -2.40. The number of aromatic nitrogens is 2. The van der Waals surface area contributed by atoms with Crippen molar-refractivity contribution in [3.63, 3.8) is 0 Å². The monoisotopic (exact) mass is 513 g/mol. The highest BCUT2D eigenvalue weighted by Crippen LogP contribution is 2.36. The molecule has 3 aromatic rings. The second kappa shape index (κ2) is 11.9. The van der Waals surface area contributed by atoms with E-state index in [1.165, 1.54) is 0 Å². The number of para-hydroxylation sites is 2. The molecule has 2 aromatic carbocycles. The first kappa shape index (κ1) is 25.5. The predicted octanol–water partition coefficient (Wildman–Crippen LogP) is 3.46. The number of hydrogen-bond acceptors (Lipinski definition) is 7. The van der Waals surface area contributed by atoms with E-state index in [2.05, 4.69) is 15.7 Å². The quantitative estimate of drug-likeness (QED) is 0.552. The van der Waals surface area contributed by atoms with Crippen LogP contribution < -0.4 is 20.1 Å². The Labute approximate surface area is 214 Å². The Morgan fingerprint density at radius 3 is 2.72 bits per heavy atom. The Hall–Kier alpha value is -3.60. The number of carbonyl (C=O) groups excluding carboxylic acids is 2. The van der Waals surface area contributed by atoms with E-state index < -0.39 is 0 Å². The van der Waals surface area contributed by atoms with Crippen molar-refractivity contribution < 1.29 is 23.8 Å². The number of nitrogens with zero attached hydrogens (tertiary/aromatic N) is 3. The maximum Gasteiger partial charge on any atom is 0.238 e. The number of halogens is 1. The average Bonchev–Trinajstić information content (AvgIpc) is 3.15. The van der Waals surface area contributed by atoms with Gasteiger partial charge >= 0.3 is 0 Å². The zero-order valence-corrected chi connectivity index (χ0v) is 20.9. The second-order valence-corrected chi connectivity index (χ2v) is 8.66. The summed E-state index contributed by atoms with van der Waals surface area (Å²) >= 11 is 6.19. The highest BCUT2D eigenvalue weighted by Gasteiger charge is 2.19. The van der Waals surface area contributed by atoms with Gasteiger partial charge in [0.15, 0.2) is 17.2 Å². The van der Waals surface area contributed by atoms with Crippen LogP contribution in [0.1, 0.15) is 5.69 Å². The van der Waals surface area contributed by atoms with E-state index in [0.29, 0.717) is 60.0 Å². The molecule has 11 heteroatoms. The summed E-state index contributed by atoms with van der Waals surface area (Å²) in [6, 6.07) is 12.2. The minimum atomic E-state index is -0.327. The minimum Gasteiger partial charge on any atom is -0.487 e. The number of benzene rings is 2. The SMILES string of the molecule is Cc1c(NC(=O)CN2CCOCCOc3ccccc3Oc3ccc(Cl)cc3NC(=O)C2)cnn1C. The van der Waals surface area contributed by atoms with Gasteiger partial charge < -0.3 is 24.8 Å². The summed E-state index contributed by atoms with van der Waals surface area (Å²) in [6.07, 6.45) is 1.59. The van der Waals surface area contributed by atoms with Gasteiger partial charge in [-0.05, 0) is 37.3 Å². The molecule has 2 N–H and O–H groups in total. The van der Waals surface area contributed by atoms with Crippen molar-refractivity contribution in [3.05, 3.63) is 59.4 Å². The van der Waals surface area contributed by atoms with E-state index in [-0.39, 0.29) is 24.9 Å². The molecule has 10 nitrogen and oxygen atoms in total. The van der Waals surface area contributed by atoms with Crippen molar-refractivity contribution in [1.82, 2.24) is 14.7 Å². The van der Waals surface area contributed by atoms with E-state index in [0.717, 1.165) is 5.69 Å². The summed E-state index contributed by atoms with van der Waals surface area (Å²) in [4.78, 5) is 27.4. The van der Waals surface area contributed by atoms with E-state index in [4.69, 9.17) is 25.8 Å². The molecule has 0 spiro atoms. The fourth-order valence-electron chi connectivity index (χ4n) is 3.59. The van der Waals surface area contributed by atoms with Crippen molar-refractivity contribution in [2.75, 3.05) is 50.1 Å². The van der Waals surface area contributed by atoms with E-state index in [1.54, 1.807) is 53.2 Å². The Kier molecular flexibility index (Phi) is 8.42. The van der Waals surface area contributed by atoms with Crippen molar-refractivity contribution in [2.24, 2.45) is 7.05 Å². The van der Waals surface area contributed by atoms with Crippen LogP contribution in [0.2, 0.25) is 5.02 Å². The topological polar surface area (TPSA) is 107 Å². The molecule has 4 rings (SSSR count). The number of rotatable bonds is 3. The average molecular weight is 514 g/mol. The van der Waals surface area contributed by atoms with Crippen LogP contribution in [0.25, 0.3) is 0 Å². The number of aryl methyl sites for hydroxylation is 1. The molecule has 0 atom stereocenters. The first-order chi connectivity index (χ1) is 17.4. The highest BCUT2D eigenvalue weighted by atomic mass is 35.5. The van der Waals surface area contributed by atoms with Crippen LogP contribution in [-0.2, 0) is 21.4 Å². The number of amides is 2. The number of hydrogen-bond donors (Lipinski definition) is 2. The summed E-state index contributed by atoms with van der Waals surface area (Å²) in [5.41, 5.74) is 1.86. The zero-order valence-electron chi connectivity index (χ0n) is 20.1. The third-order valence-corrected chi connectivity index (χ3v) is 5.80. The van der Waals surface area contributed by atoms with Crippen LogP contribution >= 0.6 is 11.6 Å². The molecule has 1 aromatic heterocycles. The van der Waals surface area contributed by atoms with Crippen molar-refractivity contribution in [2.45, 2.75) is 6.92 Å². The van der Waals surface area contributed by atoms with Gasteiger partial charge in [-0.25, -0.2) is 0 Å². The lowest BCUT2D eigenvalue weighted by atomic mass is 10.2. The van der Waals surface area contributed by atoms with Crippen LogP contribution in [0.15, 0.2) is 48.7 Å². The van der Waals surface area contributed by atoms with Crippen LogP contribution in [-0.4, -0.2) is 65.9 Å². The van der Waals surface area contributed by atoms with Crippen LogP contribution in [0, 0.1) is 6.92 Å². The summed E-state index contributed by atoms with van der Waals surface area (Å²) < 4.78 is 19.3. The molecule has 1 aliphatic heterocycles. The van der Waals surface area contributed by atoms with Gasteiger partial charge in [0.1, 0.15) is 6.61 Å². The van der Waals surface area contributed by atoms with Gasteiger partial charge in [0.25, 0.3) is 0 Å². The van der Waals surface area contributed by atoms with Gasteiger partial charge in [-0.2, -0.15) is 5.10 Å². The van der Waals surface area contributed by atoms with Crippen LogP contribution in [0.5, 0.6) is 17.2 Å². The number of fused-ring (bicyclic) bond motifs is 2. The third kappa shape index (κ3) is 6.75. The van der Waals surface area contributed by atoms with Crippen molar-refractivity contribution in [3.8, 4) is 17.2 Å². The third-order valence-electron chi connectivity index (χ3n) is 5.57. The summed E-state index contributed by atoms with van der Waals surface area (Å²) in [6.45, 7) is 3.14. The van der Waals surface area contributed by atoms with Crippen LogP contribution in [0.4, 0.5) is 11.4 Å². The molecule has 36 heavy (non-hydrogen) atoms. The molecule has 0 fully saturated rings. The highest BCUT2D eigenvalue weighted by molar-refractivity contribution is 6.31. The largest absolute Gasteiger partial charge is 0.487 e. The van der Waals surface area contributed by atoms with Crippen molar-refractivity contribution in [1.29, 1.82) is 0 Å². The van der Waals surface area contributed by atoms with Gasteiger partial charge in [0.05, 0.1) is 49.6 Å². The Morgan fingerprint density at radius 2 is 1.94 bits per heavy atom. The van der Waals surface area contributed by atoms with Gasteiger partial charge in [-0.3, -0.25) is 19.2 Å². The first-order valence-electron chi connectivity index (χ1n) is 11.5. The fourth-order valence-corrected chi connectivity index (χ4v) is 3.76. The molecular weight excluding hydrogens is 486 g/mol. The zero-order chi connectivity index (χ0) is 25.5. The summed E-state index contributed by atoms with van der Waals surface area (Å²) in [5, 5.41) is 10.3. The molecule has 190 valence electrons. The standard InChI is InChI=1S/C25H28ClN5O5/c1-17-20(14-27-30(17)2)29-25(33)16-31-9-10-34-11-12-35-22-5-3-4-6-23(22)36-21-8-7-18(26)13-19(21)28-24(32)15-31/h3-8,13-14H,9-12,15-16H2,1-2H3,(H,28,32)(H,29,33). The van der Waals surface area contributed by atoms with Gasteiger partial charge in [0, 0.05) is 18.6 Å². The maximum absolute atomic E-state index is 13.0. The molecule has 0 bridgehead atoms. The Morgan fingerprint density at radius 1 is 1.14 bits per heavy atom. The summed E-state index contributed by atoms with van der Waals surface area (Å²) in [7, 11) is 1.80. The first-order valence-corrected chi connectivity index (χ1v) is 11.8.